The number of carbonyl (C=O) groups excluding carboxylic acids is 1. The van der Waals surface area contributed by atoms with Gasteiger partial charge in [-0.3, -0.25) is 14.8 Å². The molecule has 0 bridgehead atoms. The van der Waals surface area contributed by atoms with Crippen LogP contribution in [0.4, 0.5) is 11.4 Å². The predicted octanol–water partition coefficient (Wildman–Crippen LogP) is 4.09. The van der Waals surface area contributed by atoms with Crippen LogP contribution in [0.25, 0.3) is 0 Å². The van der Waals surface area contributed by atoms with Crippen molar-refractivity contribution in [2.24, 2.45) is 0 Å². The molecule has 0 aliphatic heterocycles. The number of nitrogens with one attached hydrogen (secondary N) is 3. The Bertz CT molecular complexity index is 1250. The molecule has 0 atom stereocenters. The Balaban J connectivity index is 1.63. The largest absolute Gasteiger partial charge is 0.507 e. The van der Waals surface area contributed by atoms with Gasteiger partial charge in [0.25, 0.3) is 15.9 Å². The molecule has 0 aromatic heterocycles. The molecule has 3 aromatic carbocycles. The fourth-order valence-corrected chi connectivity index (χ4v) is 4.24. The van der Waals surface area contributed by atoms with Crippen molar-refractivity contribution in [1.82, 2.24) is 5.32 Å². The van der Waals surface area contributed by atoms with Gasteiger partial charge in [-0.1, -0.05) is 15.9 Å². The summed E-state index contributed by atoms with van der Waals surface area (Å²) in [4.78, 5) is 12.4. The lowest BCUT2D eigenvalue weighted by Crippen LogP contribution is -2.34. The summed E-state index contributed by atoms with van der Waals surface area (Å²) >= 11 is 8.36. The number of anilines is 2. The smallest absolute Gasteiger partial charge is 0.261 e. The number of halogens is 1. The highest BCUT2D eigenvalue weighted by molar-refractivity contribution is 9.10. The molecule has 0 unspecified atom stereocenters. The molecular formula is C21H18BrN3O5S2. The minimum absolute atomic E-state index is 0.0126. The number of carbonyl (C=O) groups is 1. The average Bonchev–Trinajstić information content (AvgIpc) is 2.76. The van der Waals surface area contributed by atoms with Crippen LogP contribution in [0.1, 0.15) is 10.4 Å². The van der Waals surface area contributed by atoms with Crippen molar-refractivity contribution >= 4 is 60.6 Å². The van der Waals surface area contributed by atoms with Crippen LogP contribution >= 0.6 is 28.1 Å². The highest BCUT2D eigenvalue weighted by atomic mass is 79.9. The van der Waals surface area contributed by atoms with E-state index in [1.807, 2.05) is 0 Å². The zero-order valence-electron chi connectivity index (χ0n) is 16.6. The van der Waals surface area contributed by atoms with Crippen LogP contribution in [0.2, 0.25) is 0 Å². The molecule has 1 amide bonds. The normalized spacial score (nSPS) is 10.8. The van der Waals surface area contributed by atoms with Gasteiger partial charge in [-0.25, -0.2) is 8.42 Å². The van der Waals surface area contributed by atoms with Crippen LogP contribution < -0.4 is 20.1 Å². The number of methoxy groups -OCH3 is 1. The van der Waals surface area contributed by atoms with Gasteiger partial charge in [-0.15, -0.1) is 0 Å². The number of rotatable bonds is 6. The van der Waals surface area contributed by atoms with Crippen molar-refractivity contribution in [3.8, 4) is 11.5 Å². The van der Waals surface area contributed by atoms with E-state index in [0.717, 1.165) is 0 Å². The summed E-state index contributed by atoms with van der Waals surface area (Å²) in [5.41, 5.74) is 0.916. The molecule has 4 N–H and O–H groups in total. The molecule has 0 radical (unpaired) electrons. The van der Waals surface area contributed by atoms with E-state index in [1.54, 1.807) is 30.3 Å². The Kier molecular flexibility index (Phi) is 7.33. The van der Waals surface area contributed by atoms with E-state index < -0.39 is 15.9 Å². The maximum absolute atomic E-state index is 12.6. The summed E-state index contributed by atoms with van der Waals surface area (Å²) in [5.74, 6) is -0.168. The van der Waals surface area contributed by atoms with Gasteiger partial charge in [0.05, 0.1) is 17.6 Å². The molecule has 0 aliphatic carbocycles. The van der Waals surface area contributed by atoms with Gasteiger partial charge in [-0.05, 0) is 78.9 Å². The first-order chi connectivity index (χ1) is 15.2. The molecule has 8 nitrogen and oxygen atoms in total. The van der Waals surface area contributed by atoms with Crippen LogP contribution in [0.5, 0.6) is 11.5 Å². The van der Waals surface area contributed by atoms with E-state index >= 15 is 0 Å². The highest BCUT2D eigenvalue weighted by Gasteiger charge is 2.16. The Morgan fingerprint density at radius 1 is 1.00 bits per heavy atom. The number of sulfonamides is 1. The van der Waals surface area contributed by atoms with E-state index in [-0.39, 0.29) is 21.3 Å². The maximum Gasteiger partial charge on any atom is 0.261 e. The molecule has 166 valence electrons. The lowest BCUT2D eigenvalue weighted by atomic mass is 10.2. The maximum atomic E-state index is 12.6. The summed E-state index contributed by atoms with van der Waals surface area (Å²) < 4.78 is 33.3. The molecule has 0 aliphatic rings. The van der Waals surface area contributed by atoms with E-state index in [0.29, 0.717) is 21.6 Å². The minimum Gasteiger partial charge on any atom is -0.507 e. The van der Waals surface area contributed by atoms with Gasteiger partial charge in [0.2, 0.25) is 0 Å². The standard InChI is InChI=1S/C21H18BrN3O5S2/c1-30-16-7-3-15(4-8-16)25-32(28,29)17-9-5-14(6-10-17)23-21(31)24-20(27)18-12-13(22)2-11-19(18)26/h2-12,25-26H,1H3,(H2,23,24,27,31). The first kappa shape index (κ1) is 23.5. The molecule has 3 rings (SSSR count). The fourth-order valence-electron chi connectivity index (χ4n) is 2.61. The van der Waals surface area contributed by atoms with E-state index in [1.165, 1.54) is 43.5 Å². The third-order valence-corrected chi connectivity index (χ3v) is 6.29. The molecule has 0 saturated heterocycles. The third kappa shape index (κ3) is 5.96. The van der Waals surface area contributed by atoms with Crippen molar-refractivity contribution in [3.63, 3.8) is 0 Å². The van der Waals surface area contributed by atoms with Crippen molar-refractivity contribution in [2.45, 2.75) is 4.90 Å². The van der Waals surface area contributed by atoms with Crippen LogP contribution in [0.15, 0.2) is 76.1 Å². The zero-order valence-corrected chi connectivity index (χ0v) is 19.8. The molecule has 0 saturated carbocycles. The zero-order chi connectivity index (χ0) is 23.3. The number of ether oxygens (including phenoxy) is 1. The van der Waals surface area contributed by atoms with Crippen LogP contribution in [-0.4, -0.2) is 31.7 Å². The van der Waals surface area contributed by atoms with Gasteiger partial charge in [0.15, 0.2) is 5.11 Å². The SMILES string of the molecule is COc1ccc(NS(=O)(=O)c2ccc(NC(=S)NC(=O)c3cc(Br)ccc3O)cc2)cc1. The summed E-state index contributed by atoms with van der Waals surface area (Å²) in [6.07, 6.45) is 0. The Labute approximate surface area is 198 Å². The number of phenols is 1. The molecule has 3 aromatic rings. The van der Waals surface area contributed by atoms with Crippen molar-refractivity contribution in [2.75, 3.05) is 17.1 Å². The monoisotopic (exact) mass is 535 g/mol. The lowest BCUT2D eigenvalue weighted by molar-refractivity contribution is 0.0975. The van der Waals surface area contributed by atoms with Crippen molar-refractivity contribution < 1.29 is 23.1 Å². The van der Waals surface area contributed by atoms with Crippen LogP contribution in [0.3, 0.4) is 0 Å². The second-order valence-electron chi connectivity index (χ2n) is 6.43. The number of amides is 1. The lowest BCUT2D eigenvalue weighted by Gasteiger charge is -2.12. The molecule has 0 spiro atoms. The second-order valence-corrected chi connectivity index (χ2v) is 9.43. The molecule has 0 heterocycles. The third-order valence-electron chi connectivity index (χ3n) is 4.20. The number of thiocarbonyl (C=S) groups is 1. The number of aromatic hydroxyl groups is 1. The van der Waals surface area contributed by atoms with Gasteiger partial charge >= 0.3 is 0 Å². The van der Waals surface area contributed by atoms with Crippen LogP contribution in [-0.2, 0) is 10.0 Å². The first-order valence-corrected chi connectivity index (χ1v) is 11.7. The van der Waals surface area contributed by atoms with E-state index in [4.69, 9.17) is 17.0 Å². The van der Waals surface area contributed by atoms with Gasteiger partial charge in [-0.2, -0.15) is 0 Å². The van der Waals surface area contributed by atoms with E-state index in [2.05, 4.69) is 31.3 Å². The van der Waals surface area contributed by atoms with Gasteiger partial charge < -0.3 is 15.2 Å². The molecular weight excluding hydrogens is 518 g/mol. The summed E-state index contributed by atoms with van der Waals surface area (Å²) in [6, 6.07) is 16.8. The van der Waals surface area contributed by atoms with Crippen molar-refractivity contribution in [3.05, 3.63) is 76.8 Å². The number of hydrogen-bond donors (Lipinski definition) is 4. The van der Waals surface area contributed by atoms with E-state index in [9.17, 15) is 18.3 Å². The summed E-state index contributed by atoms with van der Waals surface area (Å²) in [5, 5.41) is 15.1. The van der Waals surface area contributed by atoms with Gasteiger partial charge in [0, 0.05) is 15.8 Å². The summed E-state index contributed by atoms with van der Waals surface area (Å²) in [6.45, 7) is 0. The minimum atomic E-state index is -3.80. The molecule has 0 fully saturated rings. The Hall–Kier alpha value is -3.15. The topological polar surface area (TPSA) is 117 Å². The highest BCUT2D eigenvalue weighted by Crippen LogP contribution is 2.22. The van der Waals surface area contributed by atoms with Gasteiger partial charge in [0.1, 0.15) is 11.5 Å². The number of hydrogen-bond acceptors (Lipinski definition) is 6. The number of benzene rings is 3. The quantitative estimate of drug-likeness (QED) is 0.351. The molecule has 11 heteroatoms. The molecule has 32 heavy (non-hydrogen) atoms. The Morgan fingerprint density at radius 3 is 2.25 bits per heavy atom. The number of phenolic OH excluding ortho intramolecular Hbond substituents is 1. The first-order valence-electron chi connectivity index (χ1n) is 9.06. The fraction of sp³-hybridized carbons (Fsp3) is 0.0476. The average molecular weight is 536 g/mol. The summed E-state index contributed by atoms with van der Waals surface area (Å²) in [7, 11) is -2.27. The predicted molar refractivity (Wildman–Crippen MR) is 130 cm³/mol. The van der Waals surface area contributed by atoms with Crippen molar-refractivity contribution in [1.29, 1.82) is 0 Å². The van der Waals surface area contributed by atoms with Crippen LogP contribution in [0, 0.1) is 0 Å². The Morgan fingerprint density at radius 2 is 1.62 bits per heavy atom. The second kappa shape index (κ2) is 9.98.